The van der Waals surface area contributed by atoms with Gasteiger partial charge in [-0.3, -0.25) is 4.79 Å². The Labute approximate surface area is 111 Å². The maximum absolute atomic E-state index is 12.1. The summed E-state index contributed by atoms with van der Waals surface area (Å²) in [5.74, 6) is 0.209. The molecule has 0 bridgehead atoms. The van der Waals surface area contributed by atoms with E-state index < -0.39 is 0 Å². The average Bonchev–Trinajstić information content (AvgIpc) is 2.82. The molecule has 0 spiro atoms. The van der Waals surface area contributed by atoms with Gasteiger partial charge in [0.25, 0.3) is 5.91 Å². The van der Waals surface area contributed by atoms with Crippen LogP contribution in [0.15, 0.2) is 22.8 Å². The van der Waals surface area contributed by atoms with E-state index >= 15 is 0 Å². The molecule has 1 aromatic rings. The van der Waals surface area contributed by atoms with E-state index in [9.17, 15) is 9.59 Å². The highest BCUT2D eigenvalue weighted by Crippen LogP contribution is 2.10. The lowest BCUT2D eigenvalue weighted by atomic mass is 10.3. The first-order valence-corrected chi connectivity index (χ1v) is 6.47. The van der Waals surface area contributed by atoms with Crippen molar-refractivity contribution in [2.24, 2.45) is 0 Å². The predicted molar refractivity (Wildman–Crippen MR) is 67.8 cm³/mol. The third kappa shape index (κ3) is 3.27. The van der Waals surface area contributed by atoms with E-state index in [0.29, 0.717) is 38.5 Å². The van der Waals surface area contributed by atoms with Crippen molar-refractivity contribution in [3.05, 3.63) is 24.2 Å². The standard InChI is InChI=1S/C13H18N2O4/c1-2-18-13(17)15-7-4-6-14(8-9-15)12(16)11-5-3-10-19-11/h3,5,10H,2,4,6-9H2,1H3. The minimum absolute atomic E-state index is 0.129. The first kappa shape index (κ1) is 13.5. The van der Waals surface area contributed by atoms with Crippen molar-refractivity contribution in [1.29, 1.82) is 0 Å². The van der Waals surface area contributed by atoms with Crippen LogP contribution in [0.25, 0.3) is 0 Å². The third-order valence-electron chi connectivity index (χ3n) is 3.04. The molecule has 0 radical (unpaired) electrons. The van der Waals surface area contributed by atoms with Crippen LogP contribution in [0.4, 0.5) is 4.79 Å². The lowest BCUT2D eigenvalue weighted by Crippen LogP contribution is -2.37. The molecule has 0 unspecified atom stereocenters. The second-order valence-electron chi connectivity index (χ2n) is 4.31. The molecule has 0 aliphatic carbocycles. The average molecular weight is 266 g/mol. The molecule has 1 aliphatic rings. The largest absolute Gasteiger partial charge is 0.459 e. The number of ether oxygens (including phenoxy) is 1. The lowest BCUT2D eigenvalue weighted by molar-refractivity contribution is 0.0722. The van der Waals surface area contributed by atoms with Crippen LogP contribution in [0.2, 0.25) is 0 Å². The Morgan fingerprint density at radius 2 is 2.00 bits per heavy atom. The first-order valence-electron chi connectivity index (χ1n) is 6.47. The molecule has 2 rings (SSSR count). The fourth-order valence-corrected chi connectivity index (χ4v) is 2.07. The van der Waals surface area contributed by atoms with E-state index in [1.807, 2.05) is 0 Å². The van der Waals surface area contributed by atoms with Crippen LogP contribution in [0.5, 0.6) is 0 Å². The van der Waals surface area contributed by atoms with Crippen LogP contribution in [-0.2, 0) is 4.74 Å². The van der Waals surface area contributed by atoms with Crippen molar-refractivity contribution in [3.8, 4) is 0 Å². The Hall–Kier alpha value is -1.98. The summed E-state index contributed by atoms with van der Waals surface area (Å²) >= 11 is 0. The van der Waals surface area contributed by atoms with Gasteiger partial charge in [0.2, 0.25) is 0 Å². The number of rotatable bonds is 2. The SMILES string of the molecule is CCOC(=O)N1CCCN(C(=O)c2ccco2)CC1. The van der Waals surface area contributed by atoms with Gasteiger partial charge in [0.15, 0.2) is 5.76 Å². The maximum Gasteiger partial charge on any atom is 0.409 e. The number of nitrogens with zero attached hydrogens (tertiary/aromatic N) is 2. The summed E-state index contributed by atoms with van der Waals surface area (Å²) in [5, 5.41) is 0. The second-order valence-corrected chi connectivity index (χ2v) is 4.31. The van der Waals surface area contributed by atoms with Crippen molar-refractivity contribution in [3.63, 3.8) is 0 Å². The minimum atomic E-state index is -0.310. The molecule has 1 saturated heterocycles. The summed E-state index contributed by atoms with van der Waals surface area (Å²) in [6.07, 6.45) is 1.91. The normalized spacial score (nSPS) is 16.1. The quantitative estimate of drug-likeness (QED) is 0.815. The monoisotopic (exact) mass is 266 g/mol. The highest BCUT2D eigenvalue weighted by Gasteiger charge is 2.24. The number of amides is 2. The van der Waals surface area contributed by atoms with Crippen LogP contribution >= 0.6 is 0 Å². The van der Waals surface area contributed by atoms with Gasteiger partial charge < -0.3 is 19.0 Å². The highest BCUT2D eigenvalue weighted by molar-refractivity contribution is 5.91. The Balaban J connectivity index is 1.93. The molecule has 104 valence electrons. The summed E-state index contributed by atoms with van der Waals surface area (Å²) in [7, 11) is 0. The van der Waals surface area contributed by atoms with Gasteiger partial charge in [0, 0.05) is 26.2 Å². The molecule has 0 saturated carbocycles. The Morgan fingerprint density at radius 3 is 2.68 bits per heavy atom. The molecule has 1 fully saturated rings. The van der Waals surface area contributed by atoms with Gasteiger partial charge in [-0.25, -0.2) is 4.79 Å². The smallest absolute Gasteiger partial charge is 0.409 e. The fraction of sp³-hybridized carbons (Fsp3) is 0.538. The van der Waals surface area contributed by atoms with Crippen molar-refractivity contribution in [1.82, 2.24) is 9.80 Å². The molecule has 0 atom stereocenters. The van der Waals surface area contributed by atoms with Gasteiger partial charge in [-0.1, -0.05) is 0 Å². The van der Waals surface area contributed by atoms with Crippen LogP contribution in [0, 0.1) is 0 Å². The van der Waals surface area contributed by atoms with Gasteiger partial charge in [0.1, 0.15) is 0 Å². The summed E-state index contributed by atoms with van der Waals surface area (Å²) in [5.41, 5.74) is 0. The zero-order valence-corrected chi connectivity index (χ0v) is 11.0. The van der Waals surface area contributed by atoms with Crippen LogP contribution in [-0.4, -0.2) is 54.6 Å². The molecule has 2 amide bonds. The van der Waals surface area contributed by atoms with Crippen molar-refractivity contribution in [2.75, 3.05) is 32.8 Å². The van der Waals surface area contributed by atoms with Gasteiger partial charge in [-0.15, -0.1) is 0 Å². The zero-order valence-electron chi connectivity index (χ0n) is 11.0. The molecule has 1 aliphatic heterocycles. The molecule has 0 aromatic carbocycles. The molecule has 19 heavy (non-hydrogen) atoms. The number of hydrogen-bond acceptors (Lipinski definition) is 4. The number of hydrogen-bond donors (Lipinski definition) is 0. The Morgan fingerprint density at radius 1 is 1.26 bits per heavy atom. The third-order valence-corrected chi connectivity index (χ3v) is 3.04. The van der Waals surface area contributed by atoms with Crippen LogP contribution in [0.3, 0.4) is 0 Å². The van der Waals surface area contributed by atoms with Crippen molar-refractivity contribution >= 4 is 12.0 Å². The fourth-order valence-electron chi connectivity index (χ4n) is 2.07. The molecule has 6 heteroatoms. The van der Waals surface area contributed by atoms with Crippen molar-refractivity contribution < 1.29 is 18.7 Å². The second kappa shape index (κ2) is 6.26. The summed E-state index contributed by atoms with van der Waals surface area (Å²) in [4.78, 5) is 27.1. The topological polar surface area (TPSA) is 63.0 Å². The predicted octanol–water partition coefficient (Wildman–Crippen LogP) is 1.58. The van der Waals surface area contributed by atoms with E-state index in [1.165, 1.54) is 6.26 Å². The molecular weight excluding hydrogens is 248 g/mol. The van der Waals surface area contributed by atoms with Gasteiger partial charge in [-0.2, -0.15) is 0 Å². The molecule has 0 N–H and O–H groups in total. The lowest BCUT2D eigenvalue weighted by Gasteiger charge is -2.20. The number of carbonyl (C=O) groups excluding carboxylic acids is 2. The maximum atomic E-state index is 12.1. The molecule has 2 heterocycles. The summed E-state index contributed by atoms with van der Waals surface area (Å²) in [6.45, 7) is 4.37. The van der Waals surface area contributed by atoms with Gasteiger partial charge in [0.05, 0.1) is 12.9 Å². The first-order chi connectivity index (χ1) is 9.22. The van der Waals surface area contributed by atoms with E-state index in [-0.39, 0.29) is 12.0 Å². The molecule has 1 aromatic heterocycles. The Bertz CT molecular complexity index is 430. The Kier molecular flexibility index (Phi) is 4.43. The van der Waals surface area contributed by atoms with Crippen molar-refractivity contribution in [2.45, 2.75) is 13.3 Å². The highest BCUT2D eigenvalue weighted by atomic mass is 16.6. The van der Waals surface area contributed by atoms with E-state index in [4.69, 9.17) is 9.15 Å². The number of furan rings is 1. The zero-order chi connectivity index (χ0) is 13.7. The number of carbonyl (C=O) groups is 2. The van der Waals surface area contributed by atoms with E-state index in [1.54, 1.807) is 28.9 Å². The van der Waals surface area contributed by atoms with Gasteiger partial charge >= 0.3 is 6.09 Å². The van der Waals surface area contributed by atoms with Gasteiger partial charge in [-0.05, 0) is 25.5 Å². The van der Waals surface area contributed by atoms with E-state index in [2.05, 4.69) is 0 Å². The summed E-state index contributed by atoms with van der Waals surface area (Å²) in [6, 6.07) is 3.34. The molecular formula is C13H18N2O4. The van der Waals surface area contributed by atoms with E-state index in [0.717, 1.165) is 6.42 Å². The minimum Gasteiger partial charge on any atom is -0.459 e. The molecule has 6 nitrogen and oxygen atoms in total. The summed E-state index contributed by atoms with van der Waals surface area (Å²) < 4.78 is 10.1. The van der Waals surface area contributed by atoms with Crippen LogP contribution in [0.1, 0.15) is 23.9 Å². The van der Waals surface area contributed by atoms with Crippen LogP contribution < -0.4 is 0 Å².